The number of aromatic nitrogens is 2. The lowest BCUT2D eigenvalue weighted by Gasteiger charge is -2.18. The Labute approximate surface area is 181 Å². The number of carbonyl (C=O) groups excluding carboxylic acids is 2. The van der Waals surface area contributed by atoms with Gasteiger partial charge in [-0.3, -0.25) is 4.79 Å². The zero-order valence-corrected chi connectivity index (χ0v) is 18.3. The molecular weight excluding hydrogens is 395 g/mol. The number of ether oxygens (including phenoxy) is 1. The summed E-state index contributed by atoms with van der Waals surface area (Å²) in [6.45, 7) is 7.26. The minimum Gasteiger partial charge on any atom is -0.442 e. The molecule has 31 heavy (non-hydrogen) atoms. The molecule has 2 aromatic carbocycles. The van der Waals surface area contributed by atoms with Gasteiger partial charge in [0.15, 0.2) is 0 Å². The molecule has 0 aliphatic rings. The molecule has 0 fully saturated rings. The molecule has 0 amide bonds. The van der Waals surface area contributed by atoms with Crippen molar-refractivity contribution in [3.05, 3.63) is 77.9 Å². The van der Waals surface area contributed by atoms with E-state index in [1.807, 2.05) is 37.3 Å². The average Bonchev–Trinajstić information content (AvgIpc) is 3.20. The first-order valence-electron chi connectivity index (χ1n) is 10.3. The highest BCUT2D eigenvalue weighted by molar-refractivity contribution is 5.87. The van der Waals surface area contributed by atoms with Crippen LogP contribution in [0.5, 0.6) is 0 Å². The Balaban J connectivity index is 1.75. The van der Waals surface area contributed by atoms with Gasteiger partial charge < -0.3 is 4.74 Å². The quantitative estimate of drug-likeness (QED) is 0.505. The van der Waals surface area contributed by atoms with Crippen LogP contribution in [0.4, 0.5) is 9.18 Å². The summed E-state index contributed by atoms with van der Waals surface area (Å²) in [5.74, 6) is -0.732. The van der Waals surface area contributed by atoms with Crippen LogP contribution in [0.15, 0.2) is 60.9 Å². The van der Waals surface area contributed by atoms with Gasteiger partial charge >= 0.3 is 6.09 Å². The van der Waals surface area contributed by atoms with E-state index in [1.54, 1.807) is 32.9 Å². The molecule has 162 valence electrons. The minimum atomic E-state index is -0.639. The van der Waals surface area contributed by atoms with Gasteiger partial charge in [0.05, 0.1) is 6.20 Å². The molecule has 1 unspecified atom stereocenters. The molecule has 0 aliphatic heterocycles. The number of rotatable bonds is 6. The van der Waals surface area contributed by atoms with Crippen molar-refractivity contribution in [2.24, 2.45) is 0 Å². The molecule has 0 radical (unpaired) electrons. The number of carbonyl (C=O) groups is 2. The lowest BCUT2D eigenvalue weighted by Crippen LogP contribution is -2.27. The van der Waals surface area contributed by atoms with Gasteiger partial charge in [0.25, 0.3) is 0 Å². The van der Waals surface area contributed by atoms with Crippen molar-refractivity contribution in [2.45, 2.75) is 52.1 Å². The third-order valence-electron chi connectivity index (χ3n) is 4.91. The van der Waals surface area contributed by atoms with E-state index in [1.165, 1.54) is 18.5 Å². The summed E-state index contributed by atoms with van der Waals surface area (Å²) in [6, 6.07) is 14.3. The Hall–Kier alpha value is -3.28. The second kappa shape index (κ2) is 9.25. The molecule has 6 heteroatoms. The summed E-state index contributed by atoms with van der Waals surface area (Å²) >= 11 is 0. The van der Waals surface area contributed by atoms with Crippen molar-refractivity contribution in [3.63, 3.8) is 0 Å². The van der Waals surface area contributed by atoms with Gasteiger partial charge in [-0.1, -0.05) is 49.4 Å². The second-order valence-electron chi connectivity index (χ2n) is 8.47. The van der Waals surface area contributed by atoms with Crippen molar-refractivity contribution >= 4 is 11.9 Å². The zero-order valence-electron chi connectivity index (χ0n) is 18.3. The van der Waals surface area contributed by atoms with E-state index in [4.69, 9.17) is 4.74 Å². The number of hydrogen-bond donors (Lipinski definition) is 0. The van der Waals surface area contributed by atoms with E-state index < -0.39 is 17.5 Å². The molecule has 1 heterocycles. The van der Waals surface area contributed by atoms with Gasteiger partial charge in [-0.15, -0.1) is 0 Å². The Morgan fingerprint density at radius 2 is 1.81 bits per heavy atom. The lowest BCUT2D eigenvalue weighted by atomic mass is 9.89. The van der Waals surface area contributed by atoms with Crippen LogP contribution in [-0.4, -0.2) is 27.3 Å². The van der Waals surface area contributed by atoms with Crippen LogP contribution in [0.2, 0.25) is 0 Å². The summed E-state index contributed by atoms with van der Waals surface area (Å²) in [4.78, 5) is 24.9. The monoisotopic (exact) mass is 422 g/mol. The van der Waals surface area contributed by atoms with E-state index in [-0.39, 0.29) is 18.1 Å². The highest BCUT2D eigenvalue weighted by Gasteiger charge is 2.21. The van der Waals surface area contributed by atoms with Gasteiger partial charge in [0.2, 0.25) is 0 Å². The van der Waals surface area contributed by atoms with Crippen LogP contribution in [0, 0.1) is 5.82 Å². The Morgan fingerprint density at radius 1 is 1.10 bits per heavy atom. The van der Waals surface area contributed by atoms with Gasteiger partial charge in [0, 0.05) is 24.1 Å². The molecule has 0 saturated carbocycles. The first-order chi connectivity index (χ1) is 14.7. The van der Waals surface area contributed by atoms with Gasteiger partial charge in [-0.2, -0.15) is 9.78 Å². The summed E-state index contributed by atoms with van der Waals surface area (Å²) < 4.78 is 21.1. The maximum atomic E-state index is 14.8. The average molecular weight is 423 g/mol. The predicted octanol–water partition coefficient (Wildman–Crippen LogP) is 5.78. The molecule has 3 aromatic rings. The highest BCUT2D eigenvalue weighted by atomic mass is 19.1. The summed E-state index contributed by atoms with van der Waals surface area (Å²) in [5.41, 5.74) is 1.81. The number of benzene rings is 2. The van der Waals surface area contributed by atoms with Crippen LogP contribution in [0.25, 0.3) is 11.1 Å². The Bertz CT molecular complexity index is 1070. The maximum Gasteiger partial charge on any atom is 0.435 e. The SMILES string of the molecule is CCC(C(=O)Cc1ccc(-c2cnn(C(=O)OC(C)(C)C)c2)cc1F)c1ccccc1. The fraction of sp³-hybridized carbons (Fsp3) is 0.320. The fourth-order valence-corrected chi connectivity index (χ4v) is 3.40. The molecule has 5 nitrogen and oxygen atoms in total. The van der Waals surface area contributed by atoms with E-state index >= 15 is 0 Å². The van der Waals surface area contributed by atoms with E-state index in [0.29, 0.717) is 23.1 Å². The van der Waals surface area contributed by atoms with E-state index in [9.17, 15) is 14.0 Å². The third kappa shape index (κ3) is 5.66. The van der Waals surface area contributed by atoms with E-state index in [0.717, 1.165) is 10.2 Å². The molecule has 0 N–H and O–H groups in total. The third-order valence-corrected chi connectivity index (χ3v) is 4.91. The first kappa shape index (κ1) is 22.4. The van der Waals surface area contributed by atoms with Crippen LogP contribution in [0.3, 0.4) is 0 Å². The molecular formula is C25H27FN2O3. The number of halogens is 1. The van der Waals surface area contributed by atoms with Crippen molar-refractivity contribution in [1.29, 1.82) is 0 Å². The maximum absolute atomic E-state index is 14.8. The number of hydrogen-bond acceptors (Lipinski definition) is 4. The molecule has 3 rings (SSSR count). The number of nitrogens with zero attached hydrogens (tertiary/aromatic N) is 2. The minimum absolute atomic E-state index is 0.0157. The number of Topliss-reactive ketones (excluding diaryl/α,β-unsaturated/α-hetero) is 1. The highest BCUT2D eigenvalue weighted by Crippen LogP contribution is 2.26. The van der Waals surface area contributed by atoms with Crippen LogP contribution in [0.1, 0.15) is 51.2 Å². The molecule has 0 spiro atoms. The van der Waals surface area contributed by atoms with Crippen molar-refractivity contribution in [2.75, 3.05) is 0 Å². The molecule has 1 atom stereocenters. The smallest absolute Gasteiger partial charge is 0.435 e. The first-order valence-corrected chi connectivity index (χ1v) is 10.3. The topological polar surface area (TPSA) is 61.2 Å². The standard InChI is InChI=1S/C25H27FN2O3/c1-5-21(17-9-7-6-8-10-17)23(29)14-19-12-11-18(13-22(19)26)20-15-27-28(16-20)24(30)31-25(2,3)4/h6-13,15-16,21H,5,14H2,1-4H3. The van der Waals surface area contributed by atoms with Gasteiger partial charge in [-0.05, 0) is 49.9 Å². The normalized spacial score (nSPS) is 12.4. The van der Waals surface area contributed by atoms with Crippen molar-refractivity contribution < 1.29 is 18.7 Å². The summed E-state index contributed by atoms with van der Waals surface area (Å²) in [5, 5.41) is 4.01. The van der Waals surface area contributed by atoms with Gasteiger partial charge in [0.1, 0.15) is 17.2 Å². The fourth-order valence-electron chi connectivity index (χ4n) is 3.40. The second-order valence-corrected chi connectivity index (χ2v) is 8.47. The molecule has 0 bridgehead atoms. The van der Waals surface area contributed by atoms with Crippen molar-refractivity contribution in [1.82, 2.24) is 9.78 Å². The van der Waals surface area contributed by atoms with E-state index in [2.05, 4.69) is 5.10 Å². The number of ketones is 1. The largest absolute Gasteiger partial charge is 0.442 e. The Kier molecular flexibility index (Phi) is 6.68. The zero-order chi connectivity index (χ0) is 22.6. The molecule has 1 aromatic heterocycles. The van der Waals surface area contributed by atoms with Crippen molar-refractivity contribution in [3.8, 4) is 11.1 Å². The van der Waals surface area contributed by atoms with Crippen LogP contribution in [-0.2, 0) is 16.0 Å². The lowest BCUT2D eigenvalue weighted by molar-refractivity contribution is -0.120. The predicted molar refractivity (Wildman–Crippen MR) is 117 cm³/mol. The molecule has 0 saturated heterocycles. The van der Waals surface area contributed by atoms with Gasteiger partial charge in [-0.25, -0.2) is 9.18 Å². The summed E-state index contributed by atoms with van der Waals surface area (Å²) in [7, 11) is 0. The van der Waals surface area contributed by atoms with Crippen LogP contribution >= 0.6 is 0 Å². The molecule has 0 aliphatic carbocycles. The van der Waals surface area contributed by atoms with Crippen LogP contribution < -0.4 is 0 Å². The summed E-state index contributed by atoms with van der Waals surface area (Å²) in [6.07, 6.45) is 3.05. The Morgan fingerprint density at radius 3 is 2.42 bits per heavy atom.